The molecule has 188 valence electrons. The predicted molar refractivity (Wildman–Crippen MR) is 126 cm³/mol. The highest BCUT2D eigenvalue weighted by molar-refractivity contribution is 7.89. The maximum Gasteiger partial charge on any atom is 0.410 e. The van der Waals surface area contributed by atoms with Gasteiger partial charge in [0.25, 0.3) is 0 Å². The minimum atomic E-state index is -3.93. The fourth-order valence-electron chi connectivity index (χ4n) is 4.76. The van der Waals surface area contributed by atoms with E-state index in [9.17, 15) is 18.0 Å². The van der Waals surface area contributed by atoms with Crippen molar-refractivity contribution in [3.63, 3.8) is 0 Å². The van der Waals surface area contributed by atoms with Gasteiger partial charge in [0.2, 0.25) is 15.9 Å². The Bertz CT molecular complexity index is 1050. The lowest BCUT2D eigenvalue weighted by Crippen LogP contribution is -2.66. The number of halogens is 1. The fourth-order valence-corrected chi connectivity index (χ4v) is 6.87. The summed E-state index contributed by atoms with van der Waals surface area (Å²) in [6.45, 7) is 6.38. The Hall–Kier alpha value is -1.88. The molecule has 0 unspecified atom stereocenters. The van der Waals surface area contributed by atoms with Crippen LogP contribution in [0.3, 0.4) is 0 Å². The largest absolute Gasteiger partial charge is 0.441 e. The number of piperidine rings is 1. The number of hydrogen-bond donors (Lipinski definition) is 1. The van der Waals surface area contributed by atoms with Crippen LogP contribution in [0, 0.1) is 5.92 Å². The number of carbonyl (C=O) groups is 2. The normalized spacial score (nSPS) is 27.2. The Morgan fingerprint density at radius 2 is 1.74 bits per heavy atom. The highest BCUT2D eigenvalue weighted by atomic mass is 35.5. The Labute approximate surface area is 205 Å². The third kappa shape index (κ3) is 4.65. The number of nitrogens with zero attached hydrogens (tertiary/aromatic N) is 2. The van der Waals surface area contributed by atoms with Gasteiger partial charge in [0.1, 0.15) is 5.60 Å². The topological polar surface area (TPSA) is 119 Å². The summed E-state index contributed by atoms with van der Waals surface area (Å²) in [5, 5.41) is 0.443. The van der Waals surface area contributed by atoms with Crippen molar-refractivity contribution in [2.75, 3.05) is 19.7 Å². The number of carbonyl (C=O) groups excluding carboxylic acids is 2. The van der Waals surface area contributed by atoms with E-state index < -0.39 is 39.4 Å². The van der Waals surface area contributed by atoms with E-state index in [1.165, 1.54) is 16.4 Å². The van der Waals surface area contributed by atoms with Gasteiger partial charge in [-0.25, -0.2) is 13.2 Å². The molecule has 1 aromatic rings. The van der Waals surface area contributed by atoms with Crippen LogP contribution in [0.25, 0.3) is 0 Å². The van der Waals surface area contributed by atoms with Crippen LogP contribution >= 0.6 is 11.6 Å². The zero-order valence-corrected chi connectivity index (χ0v) is 21.3. The molecule has 34 heavy (non-hydrogen) atoms. The van der Waals surface area contributed by atoms with Gasteiger partial charge in [-0.1, -0.05) is 11.6 Å². The Balaban J connectivity index is 1.58. The molecule has 0 spiro atoms. The second kappa shape index (κ2) is 8.96. The van der Waals surface area contributed by atoms with E-state index in [4.69, 9.17) is 26.8 Å². The standard InChI is InChI=1S/C23H32ClN3O6S/c1-15-22(2,3)32-14-19(27(15)34(30,31)18-6-4-17(24)5-7-18)23(10-11-23)33-21(29)26-12-8-16(9-13-26)20(25)28/h4-7,15-16,19H,8-14H2,1-3H3,(H2,25,28)/t15-,19-/m1/s1. The monoisotopic (exact) mass is 513 g/mol. The molecule has 0 bridgehead atoms. The summed E-state index contributed by atoms with van der Waals surface area (Å²) in [5.74, 6) is -0.598. The summed E-state index contributed by atoms with van der Waals surface area (Å²) >= 11 is 5.97. The van der Waals surface area contributed by atoms with E-state index in [2.05, 4.69) is 0 Å². The highest BCUT2D eigenvalue weighted by Gasteiger charge is 2.62. The summed E-state index contributed by atoms with van der Waals surface area (Å²) < 4.78 is 41.1. The number of benzene rings is 1. The molecule has 1 aromatic carbocycles. The van der Waals surface area contributed by atoms with Gasteiger partial charge in [-0.05, 0) is 70.7 Å². The number of hydrogen-bond acceptors (Lipinski definition) is 6. The molecule has 2 saturated heterocycles. The van der Waals surface area contributed by atoms with E-state index in [0.717, 1.165) is 0 Å². The summed E-state index contributed by atoms with van der Waals surface area (Å²) in [5.41, 5.74) is 3.70. The van der Waals surface area contributed by atoms with Gasteiger partial charge in [0, 0.05) is 24.0 Å². The lowest BCUT2D eigenvalue weighted by atomic mass is 9.94. The van der Waals surface area contributed by atoms with Crippen LogP contribution < -0.4 is 5.73 Å². The van der Waals surface area contributed by atoms with Crippen molar-refractivity contribution >= 4 is 33.6 Å². The third-order valence-corrected chi connectivity index (χ3v) is 9.74. The van der Waals surface area contributed by atoms with Crippen LogP contribution in [-0.2, 0) is 24.3 Å². The molecule has 0 radical (unpaired) electrons. The Morgan fingerprint density at radius 3 is 2.26 bits per heavy atom. The fraction of sp³-hybridized carbons (Fsp3) is 0.652. The number of sulfonamides is 1. The summed E-state index contributed by atoms with van der Waals surface area (Å²) in [7, 11) is -3.93. The van der Waals surface area contributed by atoms with Crippen molar-refractivity contribution in [1.29, 1.82) is 0 Å². The SMILES string of the molecule is C[C@H]1N(S(=O)(=O)c2ccc(Cl)cc2)[C@@H](C2(OC(=O)N3CCC(C(N)=O)CC3)CC2)COC1(C)C. The average molecular weight is 514 g/mol. The quantitative estimate of drug-likeness (QED) is 0.646. The van der Waals surface area contributed by atoms with Crippen molar-refractivity contribution in [2.24, 2.45) is 11.7 Å². The first-order valence-electron chi connectivity index (χ1n) is 11.6. The van der Waals surface area contributed by atoms with Crippen molar-refractivity contribution in [3.8, 4) is 0 Å². The number of primary amides is 1. The first-order chi connectivity index (χ1) is 15.9. The van der Waals surface area contributed by atoms with Crippen LogP contribution in [0.2, 0.25) is 5.02 Å². The van der Waals surface area contributed by atoms with Crippen molar-refractivity contribution in [3.05, 3.63) is 29.3 Å². The summed E-state index contributed by atoms with van der Waals surface area (Å²) in [4.78, 5) is 26.1. The third-order valence-electron chi connectivity index (χ3n) is 7.49. The smallest absolute Gasteiger partial charge is 0.410 e. The van der Waals surface area contributed by atoms with E-state index >= 15 is 0 Å². The maximum absolute atomic E-state index is 13.8. The number of morpholine rings is 1. The Morgan fingerprint density at radius 1 is 1.15 bits per heavy atom. The molecule has 9 nitrogen and oxygen atoms in total. The van der Waals surface area contributed by atoms with Gasteiger partial charge in [-0.3, -0.25) is 4.79 Å². The van der Waals surface area contributed by atoms with Crippen LogP contribution in [0.15, 0.2) is 29.2 Å². The number of amides is 2. The minimum Gasteiger partial charge on any atom is -0.441 e. The minimum absolute atomic E-state index is 0.112. The molecule has 2 amide bonds. The molecule has 4 rings (SSSR count). The molecule has 3 aliphatic rings. The predicted octanol–water partition coefficient (Wildman–Crippen LogP) is 2.76. The zero-order chi connectivity index (χ0) is 24.9. The molecule has 2 aliphatic heterocycles. The van der Waals surface area contributed by atoms with Crippen LogP contribution in [0.1, 0.15) is 46.5 Å². The average Bonchev–Trinajstić information content (AvgIpc) is 3.56. The maximum atomic E-state index is 13.8. The second-order valence-electron chi connectivity index (χ2n) is 9.99. The summed E-state index contributed by atoms with van der Waals surface area (Å²) in [6.07, 6.45) is 1.58. The van der Waals surface area contributed by atoms with E-state index in [0.29, 0.717) is 43.8 Å². The molecule has 2 atom stereocenters. The molecule has 0 aromatic heterocycles. The molecular formula is C23H32ClN3O6S. The van der Waals surface area contributed by atoms with Gasteiger partial charge in [-0.15, -0.1) is 0 Å². The van der Waals surface area contributed by atoms with E-state index in [-0.39, 0.29) is 23.3 Å². The highest BCUT2D eigenvalue weighted by Crippen LogP contribution is 2.49. The lowest BCUT2D eigenvalue weighted by molar-refractivity contribution is -0.148. The molecule has 11 heteroatoms. The van der Waals surface area contributed by atoms with Gasteiger partial charge >= 0.3 is 6.09 Å². The first-order valence-corrected chi connectivity index (χ1v) is 13.4. The molecule has 1 aliphatic carbocycles. The second-order valence-corrected chi connectivity index (χ2v) is 12.3. The van der Waals surface area contributed by atoms with Crippen LogP contribution in [-0.4, -0.2) is 72.6 Å². The Kier molecular flexibility index (Phi) is 6.65. The van der Waals surface area contributed by atoms with Crippen molar-refractivity contribution < 1.29 is 27.5 Å². The van der Waals surface area contributed by atoms with Crippen molar-refractivity contribution in [2.45, 2.75) is 74.6 Å². The molecule has 2 N–H and O–H groups in total. The van der Waals surface area contributed by atoms with Gasteiger partial charge in [0.15, 0.2) is 0 Å². The number of likely N-dealkylation sites (tertiary alicyclic amines) is 1. The van der Waals surface area contributed by atoms with E-state index in [1.54, 1.807) is 17.0 Å². The molecule has 3 fully saturated rings. The molecule has 1 saturated carbocycles. The molecular weight excluding hydrogens is 482 g/mol. The van der Waals surface area contributed by atoms with Gasteiger partial charge in [0.05, 0.1) is 29.2 Å². The van der Waals surface area contributed by atoms with Gasteiger partial charge < -0.3 is 20.1 Å². The zero-order valence-electron chi connectivity index (χ0n) is 19.7. The number of ether oxygens (including phenoxy) is 2. The number of rotatable bonds is 5. The lowest BCUT2D eigenvalue weighted by Gasteiger charge is -2.50. The number of nitrogens with two attached hydrogens (primary N) is 1. The van der Waals surface area contributed by atoms with Gasteiger partial charge in [-0.2, -0.15) is 4.31 Å². The first kappa shape index (κ1) is 25.2. The molecule has 2 heterocycles. The van der Waals surface area contributed by atoms with Crippen molar-refractivity contribution in [1.82, 2.24) is 9.21 Å². The van der Waals surface area contributed by atoms with Crippen LogP contribution in [0.4, 0.5) is 4.79 Å². The van der Waals surface area contributed by atoms with Crippen LogP contribution in [0.5, 0.6) is 0 Å². The summed E-state index contributed by atoms with van der Waals surface area (Å²) in [6, 6.07) is 4.89. The van der Waals surface area contributed by atoms with E-state index in [1.807, 2.05) is 20.8 Å².